The normalized spacial score (nSPS) is 11.5. The maximum absolute atomic E-state index is 12.3. The highest BCUT2D eigenvalue weighted by Crippen LogP contribution is 2.29. The number of benzene rings is 2. The van der Waals surface area contributed by atoms with Crippen molar-refractivity contribution < 1.29 is 4.79 Å². The molecule has 0 aliphatic heterocycles. The molecule has 28 heavy (non-hydrogen) atoms. The summed E-state index contributed by atoms with van der Waals surface area (Å²) in [4.78, 5) is 16.7. The molecule has 0 aliphatic carbocycles. The number of nitrogens with one attached hydrogen (secondary N) is 1. The molecular weight excluding hydrogens is 344 g/mol. The molecule has 0 fully saturated rings. The fourth-order valence-electron chi connectivity index (χ4n) is 3.51. The Labute approximate surface area is 168 Å². The number of rotatable bonds is 8. The molecule has 0 saturated heterocycles. The number of hydrogen-bond donors (Lipinski definition) is 1. The number of pyridine rings is 1. The third-order valence-corrected chi connectivity index (χ3v) is 5.41. The standard InChI is InChI=1S/C25H30N2O/c1-4-5-16-25(2,3)21-13-10-19(11-14-21)12-15-24(28)27-22-17-20-8-6-7-9-23(20)26-18-22/h6-11,13-14,17-18H,4-5,12,15-16H2,1-3H3,(H,27,28). The van der Waals surface area contributed by atoms with Crippen molar-refractivity contribution in [3.8, 4) is 0 Å². The summed E-state index contributed by atoms with van der Waals surface area (Å²) in [5, 5.41) is 3.99. The summed E-state index contributed by atoms with van der Waals surface area (Å²) >= 11 is 0. The van der Waals surface area contributed by atoms with E-state index in [0.29, 0.717) is 6.42 Å². The molecule has 1 amide bonds. The fourth-order valence-corrected chi connectivity index (χ4v) is 3.51. The second-order valence-electron chi connectivity index (χ2n) is 8.15. The quantitative estimate of drug-likeness (QED) is 0.504. The molecule has 1 N–H and O–H groups in total. The van der Waals surface area contributed by atoms with Gasteiger partial charge in [-0.1, -0.05) is 76.1 Å². The van der Waals surface area contributed by atoms with Crippen LogP contribution in [0.2, 0.25) is 0 Å². The van der Waals surface area contributed by atoms with Gasteiger partial charge in [-0.3, -0.25) is 9.78 Å². The van der Waals surface area contributed by atoms with E-state index in [0.717, 1.165) is 23.0 Å². The summed E-state index contributed by atoms with van der Waals surface area (Å²) < 4.78 is 0. The molecular formula is C25H30N2O. The largest absolute Gasteiger partial charge is 0.325 e. The average molecular weight is 375 g/mol. The third-order valence-electron chi connectivity index (χ3n) is 5.41. The summed E-state index contributed by atoms with van der Waals surface area (Å²) in [6, 6.07) is 18.6. The molecule has 3 aromatic rings. The second-order valence-corrected chi connectivity index (χ2v) is 8.15. The van der Waals surface area contributed by atoms with Gasteiger partial charge in [0.25, 0.3) is 0 Å². The van der Waals surface area contributed by atoms with E-state index in [9.17, 15) is 4.79 Å². The number of nitrogens with zero attached hydrogens (tertiary/aromatic N) is 1. The lowest BCUT2D eigenvalue weighted by Crippen LogP contribution is -2.17. The van der Waals surface area contributed by atoms with Crippen LogP contribution in [0.15, 0.2) is 60.8 Å². The summed E-state index contributed by atoms with van der Waals surface area (Å²) in [5.41, 5.74) is 4.45. The lowest BCUT2D eigenvalue weighted by Gasteiger charge is -2.25. The number of carbonyl (C=O) groups is 1. The van der Waals surface area contributed by atoms with Crippen molar-refractivity contribution in [2.24, 2.45) is 0 Å². The van der Waals surface area contributed by atoms with Crippen LogP contribution in [0.1, 0.15) is 57.6 Å². The van der Waals surface area contributed by atoms with Crippen LogP contribution in [0.5, 0.6) is 0 Å². The molecule has 1 aromatic heterocycles. The number of aromatic nitrogens is 1. The molecule has 0 unspecified atom stereocenters. The van der Waals surface area contributed by atoms with Crippen molar-refractivity contribution in [2.75, 3.05) is 5.32 Å². The molecule has 2 aromatic carbocycles. The van der Waals surface area contributed by atoms with E-state index < -0.39 is 0 Å². The van der Waals surface area contributed by atoms with Crippen LogP contribution in [-0.2, 0) is 16.6 Å². The Morgan fingerprint density at radius 3 is 2.57 bits per heavy atom. The zero-order valence-corrected chi connectivity index (χ0v) is 17.2. The van der Waals surface area contributed by atoms with E-state index in [-0.39, 0.29) is 11.3 Å². The van der Waals surface area contributed by atoms with E-state index in [4.69, 9.17) is 0 Å². The Bertz CT molecular complexity index is 929. The van der Waals surface area contributed by atoms with E-state index in [1.807, 2.05) is 30.3 Å². The third kappa shape index (κ3) is 5.19. The van der Waals surface area contributed by atoms with E-state index in [2.05, 4.69) is 55.3 Å². The first-order chi connectivity index (χ1) is 13.5. The Morgan fingerprint density at radius 2 is 1.82 bits per heavy atom. The SMILES string of the molecule is CCCCC(C)(C)c1ccc(CCC(=O)Nc2cnc3ccccc3c2)cc1. The fraction of sp³-hybridized carbons (Fsp3) is 0.360. The van der Waals surface area contributed by atoms with Crippen molar-refractivity contribution in [2.45, 2.75) is 58.3 Å². The molecule has 3 heteroatoms. The minimum atomic E-state index is 0.0180. The smallest absolute Gasteiger partial charge is 0.224 e. The van der Waals surface area contributed by atoms with Crippen LogP contribution in [0, 0.1) is 0 Å². The zero-order chi connectivity index (χ0) is 20.0. The average Bonchev–Trinajstić information content (AvgIpc) is 2.71. The van der Waals surface area contributed by atoms with Gasteiger partial charge in [0.05, 0.1) is 17.4 Å². The highest BCUT2D eigenvalue weighted by molar-refractivity contribution is 5.93. The number of carbonyl (C=O) groups excluding carboxylic acids is 1. The Kier molecular flexibility index (Phi) is 6.45. The van der Waals surface area contributed by atoms with Gasteiger partial charge in [0, 0.05) is 11.8 Å². The Morgan fingerprint density at radius 1 is 1.07 bits per heavy atom. The van der Waals surface area contributed by atoms with Gasteiger partial charge in [-0.25, -0.2) is 0 Å². The molecule has 3 nitrogen and oxygen atoms in total. The van der Waals surface area contributed by atoms with E-state index >= 15 is 0 Å². The molecule has 0 aliphatic rings. The topological polar surface area (TPSA) is 42.0 Å². The summed E-state index contributed by atoms with van der Waals surface area (Å²) in [6.07, 6.45) is 6.59. The summed E-state index contributed by atoms with van der Waals surface area (Å²) in [6.45, 7) is 6.85. The number of para-hydroxylation sites is 1. The van der Waals surface area contributed by atoms with Gasteiger partial charge in [0.2, 0.25) is 5.91 Å². The van der Waals surface area contributed by atoms with Crippen molar-refractivity contribution in [1.29, 1.82) is 0 Å². The summed E-state index contributed by atoms with van der Waals surface area (Å²) in [5.74, 6) is 0.0180. The first-order valence-electron chi connectivity index (χ1n) is 10.2. The number of amides is 1. The predicted octanol–water partition coefficient (Wildman–Crippen LogP) is 6.27. The maximum atomic E-state index is 12.3. The van der Waals surface area contributed by atoms with E-state index in [1.165, 1.54) is 30.4 Å². The highest BCUT2D eigenvalue weighted by atomic mass is 16.1. The molecule has 0 radical (unpaired) electrons. The van der Waals surface area contributed by atoms with Gasteiger partial charge >= 0.3 is 0 Å². The molecule has 0 bridgehead atoms. The van der Waals surface area contributed by atoms with Crippen LogP contribution in [0.4, 0.5) is 5.69 Å². The molecule has 3 rings (SSSR count). The number of hydrogen-bond acceptors (Lipinski definition) is 2. The first-order valence-corrected chi connectivity index (χ1v) is 10.2. The zero-order valence-electron chi connectivity index (χ0n) is 17.2. The van der Waals surface area contributed by atoms with Crippen LogP contribution < -0.4 is 5.32 Å². The molecule has 146 valence electrons. The van der Waals surface area contributed by atoms with Crippen molar-refractivity contribution in [1.82, 2.24) is 4.98 Å². The van der Waals surface area contributed by atoms with E-state index in [1.54, 1.807) is 6.20 Å². The van der Waals surface area contributed by atoms with Crippen LogP contribution in [0.25, 0.3) is 10.9 Å². The van der Waals surface area contributed by atoms with Gasteiger partial charge in [0.1, 0.15) is 0 Å². The molecule has 0 spiro atoms. The minimum absolute atomic E-state index is 0.0180. The van der Waals surface area contributed by atoms with Crippen LogP contribution in [0.3, 0.4) is 0 Å². The number of unbranched alkanes of at least 4 members (excludes halogenated alkanes) is 1. The number of fused-ring (bicyclic) bond motifs is 1. The highest BCUT2D eigenvalue weighted by Gasteiger charge is 2.19. The van der Waals surface area contributed by atoms with Crippen LogP contribution in [-0.4, -0.2) is 10.9 Å². The van der Waals surface area contributed by atoms with Crippen molar-refractivity contribution in [3.63, 3.8) is 0 Å². The second kappa shape index (κ2) is 9.01. The Hall–Kier alpha value is -2.68. The van der Waals surface area contributed by atoms with Gasteiger partial charge < -0.3 is 5.32 Å². The molecule has 0 saturated carbocycles. The number of aryl methyl sites for hydroxylation is 1. The minimum Gasteiger partial charge on any atom is -0.325 e. The first kappa shape index (κ1) is 20.1. The molecule has 0 atom stereocenters. The summed E-state index contributed by atoms with van der Waals surface area (Å²) in [7, 11) is 0. The van der Waals surface area contributed by atoms with Gasteiger partial charge in [0.15, 0.2) is 0 Å². The van der Waals surface area contributed by atoms with Gasteiger partial charge in [-0.15, -0.1) is 0 Å². The monoisotopic (exact) mass is 374 g/mol. The maximum Gasteiger partial charge on any atom is 0.224 e. The number of anilines is 1. The molecule has 1 heterocycles. The van der Waals surface area contributed by atoms with Crippen molar-refractivity contribution >= 4 is 22.5 Å². The van der Waals surface area contributed by atoms with Crippen molar-refractivity contribution in [3.05, 3.63) is 71.9 Å². The van der Waals surface area contributed by atoms with Gasteiger partial charge in [-0.05, 0) is 41.5 Å². The predicted molar refractivity (Wildman–Crippen MR) is 118 cm³/mol. The lowest BCUT2D eigenvalue weighted by molar-refractivity contribution is -0.116. The van der Waals surface area contributed by atoms with Crippen LogP contribution >= 0.6 is 0 Å². The lowest BCUT2D eigenvalue weighted by atomic mass is 9.80. The van der Waals surface area contributed by atoms with Gasteiger partial charge in [-0.2, -0.15) is 0 Å². The Balaban J connectivity index is 1.55.